The van der Waals surface area contributed by atoms with E-state index in [4.69, 9.17) is 22.1 Å². The Hall–Kier alpha value is -0.730. The summed E-state index contributed by atoms with van der Waals surface area (Å²) >= 11 is 5.98. The lowest BCUT2D eigenvalue weighted by Crippen LogP contribution is -2.18. The molecule has 0 saturated heterocycles. The van der Waals surface area contributed by atoms with Crippen LogP contribution < -0.4 is 10.5 Å². The molecule has 88 valence electrons. The van der Waals surface area contributed by atoms with Gasteiger partial charge in [-0.1, -0.05) is 11.6 Å². The maximum atomic E-state index is 5.98. The minimum Gasteiger partial charge on any atom is -0.493 e. The Morgan fingerprint density at radius 1 is 1.50 bits per heavy atom. The van der Waals surface area contributed by atoms with Gasteiger partial charge >= 0.3 is 0 Å². The molecule has 1 atom stereocenters. The van der Waals surface area contributed by atoms with Crippen LogP contribution >= 0.6 is 11.6 Å². The number of ether oxygens (including phenoxy) is 1. The fourth-order valence-electron chi connectivity index (χ4n) is 1.69. The molecular formula is C13H18ClNO. The Kier molecular flexibility index (Phi) is 3.72. The number of nitrogens with two attached hydrogens (primary N) is 1. The SMILES string of the molecule is CC(N)Cc1cc(Cl)ccc1OCC1CC1. The van der Waals surface area contributed by atoms with Gasteiger partial charge in [0.25, 0.3) is 0 Å². The highest BCUT2D eigenvalue weighted by Crippen LogP contribution is 2.31. The molecule has 1 saturated carbocycles. The number of halogens is 1. The highest BCUT2D eigenvalue weighted by atomic mass is 35.5. The van der Waals surface area contributed by atoms with E-state index in [1.807, 2.05) is 25.1 Å². The summed E-state index contributed by atoms with van der Waals surface area (Å²) in [5.41, 5.74) is 6.93. The molecule has 0 aliphatic heterocycles. The van der Waals surface area contributed by atoms with Crippen molar-refractivity contribution in [3.05, 3.63) is 28.8 Å². The molecule has 0 bridgehead atoms. The van der Waals surface area contributed by atoms with E-state index in [-0.39, 0.29) is 6.04 Å². The van der Waals surface area contributed by atoms with Crippen LogP contribution in [0.5, 0.6) is 5.75 Å². The van der Waals surface area contributed by atoms with Crippen LogP contribution in [0.15, 0.2) is 18.2 Å². The van der Waals surface area contributed by atoms with Crippen LogP contribution in [0.1, 0.15) is 25.3 Å². The molecule has 1 unspecified atom stereocenters. The third kappa shape index (κ3) is 3.39. The average molecular weight is 240 g/mol. The van der Waals surface area contributed by atoms with Crippen LogP contribution in [0, 0.1) is 5.92 Å². The van der Waals surface area contributed by atoms with Gasteiger partial charge in [0.05, 0.1) is 6.61 Å². The maximum absolute atomic E-state index is 5.98. The maximum Gasteiger partial charge on any atom is 0.122 e. The highest BCUT2D eigenvalue weighted by molar-refractivity contribution is 6.30. The van der Waals surface area contributed by atoms with Crippen molar-refractivity contribution < 1.29 is 4.74 Å². The fourth-order valence-corrected chi connectivity index (χ4v) is 1.88. The topological polar surface area (TPSA) is 35.2 Å². The van der Waals surface area contributed by atoms with Crippen LogP contribution in [0.25, 0.3) is 0 Å². The molecule has 1 aliphatic carbocycles. The fraction of sp³-hybridized carbons (Fsp3) is 0.538. The summed E-state index contributed by atoms with van der Waals surface area (Å²) in [5, 5.41) is 0.745. The van der Waals surface area contributed by atoms with Gasteiger partial charge in [0, 0.05) is 11.1 Å². The van der Waals surface area contributed by atoms with Crippen molar-refractivity contribution in [1.29, 1.82) is 0 Å². The zero-order chi connectivity index (χ0) is 11.5. The van der Waals surface area contributed by atoms with Gasteiger partial charge in [0.1, 0.15) is 5.75 Å². The van der Waals surface area contributed by atoms with Crippen LogP contribution in [-0.2, 0) is 6.42 Å². The van der Waals surface area contributed by atoms with E-state index in [9.17, 15) is 0 Å². The molecule has 0 spiro atoms. The second kappa shape index (κ2) is 5.07. The van der Waals surface area contributed by atoms with Gasteiger partial charge in [-0.3, -0.25) is 0 Å². The summed E-state index contributed by atoms with van der Waals surface area (Å²) in [4.78, 5) is 0. The lowest BCUT2D eigenvalue weighted by molar-refractivity contribution is 0.296. The molecule has 16 heavy (non-hydrogen) atoms. The first kappa shape index (κ1) is 11.7. The molecule has 0 aromatic heterocycles. The second-order valence-electron chi connectivity index (χ2n) is 4.69. The molecular weight excluding hydrogens is 222 g/mol. The third-order valence-electron chi connectivity index (χ3n) is 2.74. The summed E-state index contributed by atoms with van der Waals surface area (Å²) < 4.78 is 5.80. The number of hydrogen-bond acceptors (Lipinski definition) is 2. The zero-order valence-electron chi connectivity index (χ0n) is 9.58. The molecule has 1 aromatic rings. The van der Waals surface area contributed by atoms with Crippen molar-refractivity contribution in [3.8, 4) is 5.75 Å². The van der Waals surface area contributed by atoms with Crippen molar-refractivity contribution >= 4 is 11.6 Å². The lowest BCUT2D eigenvalue weighted by Gasteiger charge is -2.13. The summed E-state index contributed by atoms with van der Waals surface area (Å²) in [5.74, 6) is 1.70. The molecule has 0 radical (unpaired) electrons. The summed E-state index contributed by atoms with van der Waals surface area (Å²) in [6.07, 6.45) is 3.41. The van der Waals surface area contributed by atoms with Gasteiger partial charge in [0.15, 0.2) is 0 Å². The monoisotopic (exact) mass is 239 g/mol. The standard InChI is InChI=1S/C13H18ClNO/c1-9(15)6-11-7-12(14)4-5-13(11)16-8-10-2-3-10/h4-5,7,9-10H,2-3,6,8,15H2,1H3. The first-order valence-electron chi connectivity index (χ1n) is 5.82. The largest absolute Gasteiger partial charge is 0.493 e. The van der Waals surface area contributed by atoms with E-state index < -0.39 is 0 Å². The Morgan fingerprint density at radius 3 is 2.88 bits per heavy atom. The van der Waals surface area contributed by atoms with Crippen molar-refractivity contribution in [2.45, 2.75) is 32.2 Å². The predicted molar refractivity (Wildman–Crippen MR) is 67.0 cm³/mol. The van der Waals surface area contributed by atoms with Crippen LogP contribution in [0.3, 0.4) is 0 Å². The normalized spacial score (nSPS) is 17.2. The predicted octanol–water partition coefficient (Wildman–Crippen LogP) is 3.02. The minimum atomic E-state index is 0.127. The van der Waals surface area contributed by atoms with Gasteiger partial charge in [0.2, 0.25) is 0 Å². The van der Waals surface area contributed by atoms with Crippen LogP contribution in [-0.4, -0.2) is 12.6 Å². The van der Waals surface area contributed by atoms with Crippen molar-refractivity contribution in [2.75, 3.05) is 6.61 Å². The van der Waals surface area contributed by atoms with E-state index in [0.717, 1.165) is 35.3 Å². The third-order valence-corrected chi connectivity index (χ3v) is 2.97. The highest BCUT2D eigenvalue weighted by Gasteiger charge is 2.22. The van der Waals surface area contributed by atoms with E-state index in [2.05, 4.69) is 0 Å². The van der Waals surface area contributed by atoms with E-state index in [0.29, 0.717) is 0 Å². The Bertz CT molecular complexity index is 361. The number of benzene rings is 1. The summed E-state index contributed by atoms with van der Waals surface area (Å²) in [6.45, 7) is 2.82. The van der Waals surface area contributed by atoms with Gasteiger partial charge in [-0.15, -0.1) is 0 Å². The van der Waals surface area contributed by atoms with E-state index >= 15 is 0 Å². The Balaban J connectivity index is 2.06. The molecule has 2 nitrogen and oxygen atoms in total. The summed E-state index contributed by atoms with van der Waals surface area (Å²) in [6, 6.07) is 5.89. The van der Waals surface area contributed by atoms with E-state index in [1.165, 1.54) is 12.8 Å². The lowest BCUT2D eigenvalue weighted by atomic mass is 10.1. The molecule has 1 aliphatic rings. The van der Waals surface area contributed by atoms with E-state index in [1.54, 1.807) is 0 Å². The molecule has 1 fully saturated rings. The quantitative estimate of drug-likeness (QED) is 0.857. The molecule has 2 rings (SSSR count). The molecule has 0 heterocycles. The average Bonchev–Trinajstić information content (AvgIpc) is 2.99. The second-order valence-corrected chi connectivity index (χ2v) is 5.12. The first-order valence-corrected chi connectivity index (χ1v) is 6.20. The van der Waals surface area contributed by atoms with Gasteiger partial charge in [-0.05, 0) is 55.9 Å². The number of rotatable bonds is 5. The molecule has 0 amide bonds. The number of hydrogen-bond donors (Lipinski definition) is 1. The van der Waals surface area contributed by atoms with Crippen molar-refractivity contribution in [3.63, 3.8) is 0 Å². The van der Waals surface area contributed by atoms with Gasteiger partial charge in [-0.25, -0.2) is 0 Å². The van der Waals surface area contributed by atoms with Gasteiger partial charge in [-0.2, -0.15) is 0 Å². The Morgan fingerprint density at radius 2 is 2.25 bits per heavy atom. The molecule has 3 heteroatoms. The minimum absolute atomic E-state index is 0.127. The van der Waals surface area contributed by atoms with Crippen molar-refractivity contribution in [1.82, 2.24) is 0 Å². The van der Waals surface area contributed by atoms with Gasteiger partial charge < -0.3 is 10.5 Å². The first-order chi connectivity index (χ1) is 7.65. The zero-order valence-corrected chi connectivity index (χ0v) is 10.3. The molecule has 2 N–H and O–H groups in total. The van der Waals surface area contributed by atoms with Crippen molar-refractivity contribution in [2.24, 2.45) is 11.7 Å². The van der Waals surface area contributed by atoms with Crippen LogP contribution in [0.2, 0.25) is 5.02 Å². The molecule has 1 aromatic carbocycles. The van der Waals surface area contributed by atoms with Crippen LogP contribution in [0.4, 0.5) is 0 Å². The Labute approximate surface area is 102 Å². The smallest absolute Gasteiger partial charge is 0.122 e. The summed E-state index contributed by atoms with van der Waals surface area (Å²) in [7, 11) is 0.